The van der Waals surface area contributed by atoms with Gasteiger partial charge < -0.3 is 10.4 Å². The Hall–Kier alpha value is -0.280. The highest BCUT2D eigenvalue weighted by molar-refractivity contribution is 6.36. The molecule has 2 nitrogen and oxygen atoms in total. The van der Waals surface area contributed by atoms with Gasteiger partial charge in [0.1, 0.15) is 0 Å². The van der Waals surface area contributed by atoms with Crippen molar-refractivity contribution in [2.24, 2.45) is 5.92 Å². The summed E-state index contributed by atoms with van der Waals surface area (Å²) in [5.74, 6) is 0.510. The second-order valence-electron chi connectivity index (χ2n) is 4.17. The summed E-state index contributed by atoms with van der Waals surface area (Å²) in [7, 11) is 0. The maximum absolute atomic E-state index is 9.36. The smallest absolute Gasteiger partial charge is 0.0627 e. The van der Waals surface area contributed by atoms with E-state index in [1.165, 1.54) is 0 Å². The van der Waals surface area contributed by atoms with Crippen molar-refractivity contribution in [1.29, 1.82) is 0 Å². The van der Waals surface area contributed by atoms with Gasteiger partial charge in [0.15, 0.2) is 0 Å². The summed E-state index contributed by atoms with van der Waals surface area (Å²) in [4.78, 5) is 0. The van der Waals surface area contributed by atoms with Crippen LogP contribution in [0.2, 0.25) is 10.0 Å². The summed E-state index contributed by atoms with van der Waals surface area (Å²) >= 11 is 12.2. The van der Waals surface area contributed by atoms with E-state index in [0.29, 0.717) is 16.0 Å². The molecular formula is C12H17Cl2NO. The number of nitrogens with one attached hydrogen (secondary N) is 1. The van der Waals surface area contributed by atoms with Gasteiger partial charge in [0.25, 0.3) is 0 Å². The molecule has 0 fully saturated rings. The van der Waals surface area contributed by atoms with Crippen LogP contribution < -0.4 is 5.32 Å². The summed E-state index contributed by atoms with van der Waals surface area (Å²) in [5, 5.41) is 13.8. The van der Waals surface area contributed by atoms with Crippen LogP contribution in [-0.2, 0) is 0 Å². The van der Waals surface area contributed by atoms with E-state index in [2.05, 4.69) is 19.2 Å². The fraction of sp³-hybridized carbons (Fsp3) is 0.500. The molecule has 0 bridgehead atoms. The number of rotatable bonds is 5. The first-order valence-corrected chi connectivity index (χ1v) is 6.10. The molecule has 16 heavy (non-hydrogen) atoms. The molecule has 0 aliphatic rings. The van der Waals surface area contributed by atoms with Gasteiger partial charge in [-0.05, 0) is 24.6 Å². The Bertz CT molecular complexity index is 322. The third-order valence-electron chi connectivity index (χ3n) is 2.30. The molecule has 1 aromatic rings. The van der Waals surface area contributed by atoms with E-state index in [-0.39, 0.29) is 12.6 Å². The Morgan fingerprint density at radius 2 is 1.81 bits per heavy atom. The van der Waals surface area contributed by atoms with Crippen LogP contribution in [0.15, 0.2) is 18.2 Å². The van der Waals surface area contributed by atoms with Crippen LogP contribution in [0.4, 0.5) is 0 Å². The average Bonchev–Trinajstić information content (AvgIpc) is 2.22. The van der Waals surface area contributed by atoms with Gasteiger partial charge in [-0.15, -0.1) is 0 Å². The normalized spacial score (nSPS) is 13.1. The van der Waals surface area contributed by atoms with Crippen molar-refractivity contribution in [3.05, 3.63) is 33.8 Å². The van der Waals surface area contributed by atoms with Gasteiger partial charge in [0, 0.05) is 15.6 Å². The molecule has 1 aromatic carbocycles. The number of halogens is 2. The highest BCUT2D eigenvalue weighted by atomic mass is 35.5. The Balaban J connectivity index is 2.86. The van der Waals surface area contributed by atoms with Crippen molar-refractivity contribution in [2.75, 3.05) is 13.2 Å². The van der Waals surface area contributed by atoms with E-state index >= 15 is 0 Å². The molecule has 0 aromatic heterocycles. The highest BCUT2D eigenvalue weighted by Crippen LogP contribution is 2.30. The Morgan fingerprint density at radius 3 is 2.25 bits per heavy atom. The molecule has 90 valence electrons. The molecule has 0 amide bonds. The van der Waals surface area contributed by atoms with Crippen molar-refractivity contribution in [3.63, 3.8) is 0 Å². The highest BCUT2D eigenvalue weighted by Gasteiger charge is 2.16. The maximum Gasteiger partial charge on any atom is 0.0627 e. The number of aliphatic hydroxyl groups is 1. The summed E-state index contributed by atoms with van der Waals surface area (Å²) in [6.07, 6.45) is 0. The van der Waals surface area contributed by atoms with Crippen LogP contribution in [0.1, 0.15) is 25.5 Å². The van der Waals surface area contributed by atoms with Crippen LogP contribution in [0.25, 0.3) is 0 Å². The lowest BCUT2D eigenvalue weighted by molar-refractivity contribution is 0.241. The zero-order chi connectivity index (χ0) is 12.1. The lowest BCUT2D eigenvalue weighted by Gasteiger charge is -2.20. The minimum atomic E-state index is -0.205. The number of benzene rings is 1. The number of hydrogen-bond acceptors (Lipinski definition) is 2. The molecule has 1 rings (SSSR count). The summed E-state index contributed by atoms with van der Waals surface area (Å²) in [6.45, 7) is 5.01. The summed E-state index contributed by atoms with van der Waals surface area (Å²) < 4.78 is 0. The van der Waals surface area contributed by atoms with Gasteiger partial charge in [-0.2, -0.15) is 0 Å². The first kappa shape index (κ1) is 13.8. The SMILES string of the molecule is CC(C)CNC(CO)c1c(Cl)cccc1Cl. The third kappa shape index (κ3) is 3.63. The molecule has 0 heterocycles. The second-order valence-corrected chi connectivity index (χ2v) is 4.99. The molecule has 0 radical (unpaired) electrons. The molecule has 0 aliphatic heterocycles. The molecular weight excluding hydrogens is 245 g/mol. The van der Waals surface area contributed by atoms with Gasteiger partial charge in [-0.1, -0.05) is 43.1 Å². The molecule has 1 unspecified atom stereocenters. The summed E-state index contributed by atoms with van der Waals surface area (Å²) in [6, 6.07) is 5.15. The molecule has 1 atom stereocenters. The number of hydrogen-bond donors (Lipinski definition) is 2. The van der Waals surface area contributed by atoms with Crippen molar-refractivity contribution in [3.8, 4) is 0 Å². The van der Waals surface area contributed by atoms with E-state index in [0.717, 1.165) is 12.1 Å². The monoisotopic (exact) mass is 261 g/mol. The molecule has 0 saturated heterocycles. The van der Waals surface area contributed by atoms with Crippen LogP contribution in [0, 0.1) is 5.92 Å². The first-order valence-electron chi connectivity index (χ1n) is 5.34. The molecule has 0 saturated carbocycles. The van der Waals surface area contributed by atoms with Gasteiger partial charge in [0.2, 0.25) is 0 Å². The lowest BCUT2D eigenvalue weighted by Crippen LogP contribution is -2.28. The van der Waals surface area contributed by atoms with Gasteiger partial charge in [-0.25, -0.2) is 0 Å². The van der Waals surface area contributed by atoms with E-state index in [9.17, 15) is 5.11 Å². The second kappa shape index (κ2) is 6.45. The lowest BCUT2D eigenvalue weighted by atomic mass is 10.1. The largest absolute Gasteiger partial charge is 0.394 e. The molecule has 0 spiro atoms. The average molecular weight is 262 g/mol. The first-order chi connectivity index (χ1) is 7.56. The zero-order valence-electron chi connectivity index (χ0n) is 9.50. The summed E-state index contributed by atoms with van der Waals surface area (Å²) in [5.41, 5.74) is 0.772. The maximum atomic E-state index is 9.36. The van der Waals surface area contributed by atoms with Gasteiger partial charge in [0.05, 0.1) is 12.6 Å². The van der Waals surface area contributed by atoms with Crippen molar-refractivity contribution in [2.45, 2.75) is 19.9 Å². The van der Waals surface area contributed by atoms with Crippen LogP contribution >= 0.6 is 23.2 Å². The quantitative estimate of drug-likeness (QED) is 0.853. The van der Waals surface area contributed by atoms with E-state index in [1.54, 1.807) is 18.2 Å². The Labute approximate surface area is 107 Å². The molecule has 4 heteroatoms. The van der Waals surface area contributed by atoms with Crippen molar-refractivity contribution in [1.82, 2.24) is 5.32 Å². The predicted octanol–water partition coefficient (Wildman–Crippen LogP) is 3.27. The van der Waals surface area contributed by atoms with Crippen molar-refractivity contribution < 1.29 is 5.11 Å². The Kier molecular flexibility index (Phi) is 5.56. The van der Waals surface area contributed by atoms with Crippen LogP contribution in [0.3, 0.4) is 0 Å². The fourth-order valence-corrected chi connectivity index (χ4v) is 2.14. The number of aliphatic hydroxyl groups excluding tert-OH is 1. The van der Waals surface area contributed by atoms with Crippen LogP contribution in [-0.4, -0.2) is 18.3 Å². The van der Waals surface area contributed by atoms with Crippen LogP contribution in [0.5, 0.6) is 0 Å². The third-order valence-corrected chi connectivity index (χ3v) is 2.96. The standard InChI is InChI=1S/C12H17Cl2NO/c1-8(2)6-15-11(7-16)12-9(13)4-3-5-10(12)14/h3-5,8,11,15-16H,6-7H2,1-2H3. The topological polar surface area (TPSA) is 32.3 Å². The molecule has 2 N–H and O–H groups in total. The fourth-order valence-electron chi connectivity index (χ4n) is 1.48. The minimum absolute atomic E-state index is 0.0177. The zero-order valence-corrected chi connectivity index (χ0v) is 11.0. The van der Waals surface area contributed by atoms with E-state index < -0.39 is 0 Å². The molecule has 0 aliphatic carbocycles. The van der Waals surface area contributed by atoms with Gasteiger partial charge >= 0.3 is 0 Å². The minimum Gasteiger partial charge on any atom is -0.394 e. The van der Waals surface area contributed by atoms with E-state index in [4.69, 9.17) is 23.2 Å². The van der Waals surface area contributed by atoms with E-state index in [1.807, 2.05) is 0 Å². The Morgan fingerprint density at radius 1 is 1.25 bits per heavy atom. The van der Waals surface area contributed by atoms with Gasteiger partial charge in [-0.3, -0.25) is 0 Å². The van der Waals surface area contributed by atoms with Crippen molar-refractivity contribution >= 4 is 23.2 Å². The predicted molar refractivity (Wildman–Crippen MR) is 69.1 cm³/mol.